The zero-order chi connectivity index (χ0) is 20.6. The third-order valence-corrected chi connectivity index (χ3v) is 6.04. The second-order valence-corrected chi connectivity index (χ2v) is 8.58. The molecule has 1 amide bonds. The standard InChI is InChI=1S/C21H27NO5S/c1-4-6-13-27-19-12-7-16(14-20(19)26-3)15-22-21(23)17-8-10-18(11-9-17)28(24,25)5-2/h7-12,14H,4-6,13,15H2,1-3H3,(H,22,23). The third kappa shape index (κ3) is 5.73. The lowest BCUT2D eigenvalue weighted by molar-refractivity contribution is 0.0950. The largest absolute Gasteiger partial charge is 0.493 e. The number of hydrogen-bond donors (Lipinski definition) is 1. The van der Waals surface area contributed by atoms with E-state index in [1.807, 2.05) is 18.2 Å². The van der Waals surface area contributed by atoms with Crippen molar-refractivity contribution >= 4 is 15.7 Å². The van der Waals surface area contributed by atoms with E-state index in [2.05, 4.69) is 12.2 Å². The van der Waals surface area contributed by atoms with Crippen LogP contribution in [-0.2, 0) is 16.4 Å². The van der Waals surface area contributed by atoms with Gasteiger partial charge >= 0.3 is 0 Å². The second kappa shape index (κ2) is 10.1. The summed E-state index contributed by atoms with van der Waals surface area (Å²) in [6.07, 6.45) is 2.02. The number of sulfone groups is 1. The van der Waals surface area contributed by atoms with Gasteiger partial charge in [0.1, 0.15) is 0 Å². The van der Waals surface area contributed by atoms with Gasteiger partial charge in [0.2, 0.25) is 0 Å². The summed E-state index contributed by atoms with van der Waals surface area (Å²) >= 11 is 0. The van der Waals surface area contributed by atoms with Gasteiger partial charge in [0.05, 0.1) is 24.4 Å². The summed E-state index contributed by atoms with van der Waals surface area (Å²) < 4.78 is 34.8. The van der Waals surface area contributed by atoms with Crippen LogP contribution < -0.4 is 14.8 Å². The van der Waals surface area contributed by atoms with E-state index in [1.165, 1.54) is 24.3 Å². The summed E-state index contributed by atoms with van der Waals surface area (Å²) in [7, 11) is -1.69. The average molecular weight is 406 g/mol. The maximum atomic E-state index is 12.3. The summed E-state index contributed by atoms with van der Waals surface area (Å²) in [6.45, 7) is 4.64. The molecule has 6 nitrogen and oxygen atoms in total. The molecule has 0 atom stereocenters. The van der Waals surface area contributed by atoms with Gasteiger partial charge in [-0.2, -0.15) is 0 Å². The Hall–Kier alpha value is -2.54. The lowest BCUT2D eigenvalue weighted by atomic mass is 10.1. The van der Waals surface area contributed by atoms with Crippen LogP contribution in [-0.4, -0.2) is 33.8 Å². The van der Waals surface area contributed by atoms with Crippen LogP contribution >= 0.6 is 0 Å². The molecule has 7 heteroatoms. The van der Waals surface area contributed by atoms with Crippen molar-refractivity contribution < 1.29 is 22.7 Å². The number of carbonyl (C=O) groups excluding carboxylic acids is 1. The van der Waals surface area contributed by atoms with Crippen LogP contribution in [0, 0.1) is 0 Å². The molecular weight excluding hydrogens is 378 g/mol. The Morgan fingerprint density at radius 3 is 2.36 bits per heavy atom. The number of unbranched alkanes of at least 4 members (excludes halogenated alkanes) is 1. The maximum Gasteiger partial charge on any atom is 0.251 e. The molecule has 0 saturated carbocycles. The fourth-order valence-corrected chi connectivity index (χ4v) is 3.42. The Morgan fingerprint density at radius 2 is 1.75 bits per heavy atom. The van der Waals surface area contributed by atoms with Gasteiger partial charge in [-0.25, -0.2) is 8.42 Å². The summed E-state index contributed by atoms with van der Waals surface area (Å²) in [6, 6.07) is 11.5. The normalized spacial score (nSPS) is 11.1. The molecule has 28 heavy (non-hydrogen) atoms. The highest BCUT2D eigenvalue weighted by Crippen LogP contribution is 2.28. The van der Waals surface area contributed by atoms with Gasteiger partial charge < -0.3 is 14.8 Å². The lowest BCUT2D eigenvalue weighted by Crippen LogP contribution is -2.22. The minimum atomic E-state index is -3.27. The predicted molar refractivity (Wildman–Crippen MR) is 109 cm³/mol. The third-order valence-electron chi connectivity index (χ3n) is 4.29. The van der Waals surface area contributed by atoms with E-state index in [1.54, 1.807) is 14.0 Å². The number of benzene rings is 2. The van der Waals surface area contributed by atoms with Gasteiger partial charge in [0.15, 0.2) is 21.3 Å². The monoisotopic (exact) mass is 405 g/mol. The molecule has 0 saturated heterocycles. The van der Waals surface area contributed by atoms with Crippen molar-refractivity contribution in [1.29, 1.82) is 0 Å². The maximum absolute atomic E-state index is 12.3. The number of ether oxygens (including phenoxy) is 2. The van der Waals surface area contributed by atoms with Crippen molar-refractivity contribution in [3.8, 4) is 11.5 Å². The summed E-state index contributed by atoms with van der Waals surface area (Å²) in [4.78, 5) is 12.5. The molecule has 2 aromatic rings. The molecule has 2 rings (SSSR count). The molecule has 0 fully saturated rings. The first-order valence-corrected chi connectivity index (χ1v) is 11.0. The lowest BCUT2D eigenvalue weighted by Gasteiger charge is -2.12. The molecule has 0 aliphatic carbocycles. The molecule has 0 heterocycles. The quantitative estimate of drug-likeness (QED) is 0.611. The molecule has 0 aliphatic rings. The van der Waals surface area contributed by atoms with Crippen molar-refractivity contribution in [3.05, 3.63) is 53.6 Å². The van der Waals surface area contributed by atoms with Crippen molar-refractivity contribution in [2.75, 3.05) is 19.5 Å². The first kappa shape index (κ1) is 21.8. The summed E-state index contributed by atoms with van der Waals surface area (Å²) in [5.74, 6) is 1.05. The zero-order valence-electron chi connectivity index (χ0n) is 16.5. The predicted octanol–water partition coefficient (Wildman–Crippen LogP) is 3.60. The van der Waals surface area contributed by atoms with Crippen LogP contribution in [0.2, 0.25) is 0 Å². The Kier molecular flexibility index (Phi) is 7.87. The van der Waals surface area contributed by atoms with Gasteiger partial charge in [-0.3, -0.25) is 4.79 Å². The highest BCUT2D eigenvalue weighted by atomic mass is 32.2. The SMILES string of the molecule is CCCCOc1ccc(CNC(=O)c2ccc(S(=O)(=O)CC)cc2)cc1OC. The number of nitrogens with one attached hydrogen (secondary N) is 1. The van der Waals surface area contributed by atoms with Crippen molar-refractivity contribution in [2.24, 2.45) is 0 Å². The molecule has 0 radical (unpaired) electrons. The van der Waals surface area contributed by atoms with Gasteiger partial charge in [-0.15, -0.1) is 0 Å². The van der Waals surface area contributed by atoms with Gasteiger partial charge in [0, 0.05) is 12.1 Å². The van der Waals surface area contributed by atoms with Crippen LogP contribution in [0.1, 0.15) is 42.6 Å². The van der Waals surface area contributed by atoms with Crippen molar-refractivity contribution in [2.45, 2.75) is 38.1 Å². The molecule has 0 aliphatic heterocycles. The van der Waals surface area contributed by atoms with E-state index in [9.17, 15) is 13.2 Å². The van der Waals surface area contributed by atoms with Crippen LogP contribution in [0.15, 0.2) is 47.4 Å². The van der Waals surface area contributed by atoms with E-state index in [4.69, 9.17) is 9.47 Å². The highest BCUT2D eigenvalue weighted by Gasteiger charge is 2.13. The molecule has 1 N–H and O–H groups in total. The molecule has 0 unspecified atom stereocenters. The van der Waals surface area contributed by atoms with E-state index in [-0.39, 0.29) is 16.6 Å². The number of amides is 1. The van der Waals surface area contributed by atoms with Gasteiger partial charge in [-0.1, -0.05) is 26.3 Å². The smallest absolute Gasteiger partial charge is 0.251 e. The summed E-state index contributed by atoms with van der Waals surface area (Å²) in [5.41, 5.74) is 1.28. The van der Waals surface area contributed by atoms with Gasteiger partial charge in [0.25, 0.3) is 5.91 Å². The number of hydrogen-bond acceptors (Lipinski definition) is 5. The van der Waals surface area contributed by atoms with E-state index in [0.29, 0.717) is 30.2 Å². The first-order chi connectivity index (χ1) is 13.4. The fraction of sp³-hybridized carbons (Fsp3) is 0.381. The topological polar surface area (TPSA) is 81.7 Å². The second-order valence-electron chi connectivity index (χ2n) is 6.30. The van der Waals surface area contributed by atoms with Crippen LogP contribution in [0.25, 0.3) is 0 Å². The molecular formula is C21H27NO5S. The molecule has 0 aromatic heterocycles. The van der Waals surface area contributed by atoms with E-state index < -0.39 is 9.84 Å². The molecule has 2 aromatic carbocycles. The van der Waals surface area contributed by atoms with E-state index >= 15 is 0 Å². The first-order valence-electron chi connectivity index (χ1n) is 9.32. The Bertz CT molecular complexity index is 892. The number of rotatable bonds is 10. The minimum Gasteiger partial charge on any atom is -0.493 e. The van der Waals surface area contributed by atoms with Crippen molar-refractivity contribution in [1.82, 2.24) is 5.32 Å². The van der Waals surface area contributed by atoms with Crippen LogP contribution in [0.5, 0.6) is 11.5 Å². The molecule has 0 spiro atoms. The number of methoxy groups -OCH3 is 1. The average Bonchev–Trinajstić information content (AvgIpc) is 2.72. The highest BCUT2D eigenvalue weighted by molar-refractivity contribution is 7.91. The van der Waals surface area contributed by atoms with E-state index in [0.717, 1.165) is 18.4 Å². The van der Waals surface area contributed by atoms with Crippen molar-refractivity contribution in [3.63, 3.8) is 0 Å². The number of carbonyl (C=O) groups is 1. The minimum absolute atomic E-state index is 0.0263. The Balaban J connectivity index is 2.00. The van der Waals surface area contributed by atoms with Crippen LogP contribution in [0.3, 0.4) is 0 Å². The molecule has 0 bridgehead atoms. The van der Waals surface area contributed by atoms with Gasteiger partial charge in [-0.05, 0) is 48.4 Å². The Morgan fingerprint density at radius 1 is 1.04 bits per heavy atom. The fourth-order valence-electron chi connectivity index (χ4n) is 2.53. The Labute approximate surface area is 166 Å². The van der Waals surface area contributed by atoms with Crippen LogP contribution in [0.4, 0.5) is 0 Å². The summed E-state index contributed by atoms with van der Waals surface area (Å²) in [5, 5.41) is 2.83. The molecule has 152 valence electrons. The zero-order valence-corrected chi connectivity index (χ0v) is 17.3.